The largest absolute Gasteiger partial charge is 0.302 e. The summed E-state index contributed by atoms with van der Waals surface area (Å²) in [4.78, 5) is 4.58. The highest BCUT2D eigenvalue weighted by atomic mass is 15.0. The topological polar surface area (TPSA) is 24.9 Å². The Hall–Kier alpha value is -1.67. The molecule has 2 atom stereocenters. The first-order chi connectivity index (χ1) is 10.4. The minimum atomic E-state index is 0.191. The summed E-state index contributed by atoms with van der Waals surface area (Å²) in [5.41, 5.74) is 2.41. The average Bonchev–Trinajstić information content (AvgIpc) is 3.37. The fourth-order valence-electron chi connectivity index (χ4n) is 2.89. The van der Waals surface area contributed by atoms with Crippen molar-refractivity contribution in [3.63, 3.8) is 0 Å². The van der Waals surface area contributed by atoms with Crippen LogP contribution in [0.5, 0.6) is 0 Å². The van der Waals surface area contributed by atoms with Crippen LogP contribution < -0.4 is 5.32 Å². The van der Waals surface area contributed by atoms with E-state index in [1.165, 1.54) is 31.2 Å². The van der Waals surface area contributed by atoms with E-state index in [1.807, 2.05) is 12.3 Å². The van der Waals surface area contributed by atoms with Crippen LogP contribution >= 0.6 is 0 Å². The number of hydrogen-bond donors (Lipinski definition) is 1. The Bertz CT molecular complexity index is 495. The number of aromatic nitrogens is 1. The Balaban J connectivity index is 1.81. The molecule has 0 aliphatic heterocycles. The van der Waals surface area contributed by atoms with Crippen LogP contribution in [0.15, 0.2) is 54.7 Å². The molecule has 21 heavy (non-hydrogen) atoms. The molecule has 2 aromatic rings. The third kappa shape index (κ3) is 3.92. The van der Waals surface area contributed by atoms with E-state index in [0.717, 1.165) is 11.6 Å². The van der Waals surface area contributed by atoms with Crippen molar-refractivity contribution in [1.29, 1.82) is 0 Å². The van der Waals surface area contributed by atoms with Gasteiger partial charge in [0.1, 0.15) is 0 Å². The lowest BCUT2D eigenvalue weighted by Crippen LogP contribution is -2.34. The number of pyridine rings is 1. The van der Waals surface area contributed by atoms with Crippen LogP contribution in [-0.4, -0.2) is 11.0 Å². The molecule has 1 N–H and O–H groups in total. The molecular weight excluding hydrogens is 256 g/mol. The summed E-state index contributed by atoms with van der Waals surface area (Å²) >= 11 is 0. The lowest BCUT2D eigenvalue weighted by molar-refractivity contribution is 0.412. The molecule has 1 aliphatic carbocycles. The van der Waals surface area contributed by atoms with E-state index in [9.17, 15) is 0 Å². The second-order valence-electron chi connectivity index (χ2n) is 6.05. The fraction of sp³-hybridized carbons (Fsp3) is 0.421. The normalized spacial score (nSPS) is 17.4. The van der Waals surface area contributed by atoms with E-state index >= 15 is 0 Å². The smallest absolute Gasteiger partial charge is 0.0753 e. The fourth-order valence-corrected chi connectivity index (χ4v) is 2.89. The zero-order valence-corrected chi connectivity index (χ0v) is 12.7. The monoisotopic (exact) mass is 280 g/mol. The van der Waals surface area contributed by atoms with Crippen molar-refractivity contribution in [1.82, 2.24) is 10.3 Å². The van der Waals surface area contributed by atoms with Gasteiger partial charge in [0, 0.05) is 12.2 Å². The van der Waals surface area contributed by atoms with Crippen LogP contribution in [0.25, 0.3) is 0 Å². The lowest BCUT2D eigenvalue weighted by Gasteiger charge is -2.25. The maximum absolute atomic E-state index is 4.58. The Morgan fingerprint density at radius 3 is 2.48 bits per heavy atom. The summed E-state index contributed by atoms with van der Waals surface area (Å²) in [6, 6.07) is 17.6. The molecule has 2 unspecified atom stereocenters. The number of benzene rings is 1. The van der Waals surface area contributed by atoms with E-state index < -0.39 is 0 Å². The standard InChI is InChI=1S/C19H24N2/c1-2-17(14-15-11-12-15)21-19(16-8-4-3-5-9-16)18-10-6-7-13-20-18/h3-10,13,15,17,19,21H,2,11-12,14H2,1H3. The van der Waals surface area contributed by atoms with Crippen LogP contribution in [0, 0.1) is 5.92 Å². The molecule has 110 valence electrons. The van der Waals surface area contributed by atoms with E-state index in [1.54, 1.807) is 0 Å². The van der Waals surface area contributed by atoms with Crippen molar-refractivity contribution >= 4 is 0 Å². The summed E-state index contributed by atoms with van der Waals surface area (Å²) in [7, 11) is 0. The molecular formula is C19H24N2. The van der Waals surface area contributed by atoms with Gasteiger partial charge in [0.15, 0.2) is 0 Å². The van der Waals surface area contributed by atoms with Crippen molar-refractivity contribution in [3.05, 3.63) is 66.0 Å². The molecule has 2 heteroatoms. The van der Waals surface area contributed by atoms with Gasteiger partial charge >= 0.3 is 0 Å². The van der Waals surface area contributed by atoms with Gasteiger partial charge in [0.05, 0.1) is 11.7 Å². The first kappa shape index (κ1) is 14.3. The Labute approximate surface area is 127 Å². The molecule has 0 radical (unpaired) electrons. The van der Waals surface area contributed by atoms with E-state index in [4.69, 9.17) is 0 Å². The quantitative estimate of drug-likeness (QED) is 0.816. The van der Waals surface area contributed by atoms with Gasteiger partial charge in [-0.15, -0.1) is 0 Å². The third-order valence-electron chi connectivity index (χ3n) is 4.33. The minimum absolute atomic E-state index is 0.191. The molecule has 1 fully saturated rings. The predicted octanol–water partition coefficient (Wildman–Crippen LogP) is 4.34. The third-order valence-corrected chi connectivity index (χ3v) is 4.33. The molecule has 0 spiro atoms. The summed E-state index contributed by atoms with van der Waals surface area (Å²) in [6.07, 6.45) is 7.18. The molecule has 0 saturated heterocycles. The van der Waals surface area contributed by atoms with Gasteiger partial charge < -0.3 is 5.32 Å². The van der Waals surface area contributed by atoms with Gasteiger partial charge in [-0.25, -0.2) is 0 Å². The molecule has 2 nitrogen and oxygen atoms in total. The maximum atomic E-state index is 4.58. The van der Waals surface area contributed by atoms with Crippen molar-refractivity contribution in [2.75, 3.05) is 0 Å². The molecule has 1 aromatic carbocycles. The zero-order valence-electron chi connectivity index (χ0n) is 12.7. The SMILES string of the molecule is CCC(CC1CC1)NC(c1ccccc1)c1ccccn1. The van der Waals surface area contributed by atoms with Gasteiger partial charge in [-0.05, 0) is 36.5 Å². The van der Waals surface area contributed by atoms with Gasteiger partial charge in [0.2, 0.25) is 0 Å². The van der Waals surface area contributed by atoms with Gasteiger partial charge in [-0.2, -0.15) is 0 Å². The van der Waals surface area contributed by atoms with Crippen LogP contribution in [0.4, 0.5) is 0 Å². The van der Waals surface area contributed by atoms with Crippen molar-refractivity contribution < 1.29 is 0 Å². The van der Waals surface area contributed by atoms with E-state index in [0.29, 0.717) is 6.04 Å². The zero-order chi connectivity index (χ0) is 14.5. The van der Waals surface area contributed by atoms with Crippen molar-refractivity contribution in [3.8, 4) is 0 Å². The highest BCUT2D eigenvalue weighted by molar-refractivity contribution is 5.27. The predicted molar refractivity (Wildman–Crippen MR) is 87.1 cm³/mol. The molecule has 0 amide bonds. The van der Waals surface area contributed by atoms with E-state index in [-0.39, 0.29) is 6.04 Å². The van der Waals surface area contributed by atoms with Crippen LogP contribution in [-0.2, 0) is 0 Å². The summed E-state index contributed by atoms with van der Waals surface area (Å²) in [5, 5.41) is 3.85. The minimum Gasteiger partial charge on any atom is -0.302 e. The molecule has 1 aliphatic rings. The first-order valence-electron chi connectivity index (χ1n) is 8.08. The Morgan fingerprint density at radius 1 is 1.10 bits per heavy atom. The molecule has 1 heterocycles. The van der Waals surface area contributed by atoms with Gasteiger partial charge in [0.25, 0.3) is 0 Å². The van der Waals surface area contributed by atoms with E-state index in [2.05, 4.69) is 59.7 Å². The first-order valence-corrected chi connectivity index (χ1v) is 8.08. The lowest BCUT2D eigenvalue weighted by atomic mass is 9.99. The number of nitrogens with zero attached hydrogens (tertiary/aromatic N) is 1. The summed E-state index contributed by atoms with van der Waals surface area (Å²) in [5.74, 6) is 0.947. The second-order valence-corrected chi connectivity index (χ2v) is 6.05. The van der Waals surface area contributed by atoms with Crippen molar-refractivity contribution in [2.24, 2.45) is 5.92 Å². The maximum Gasteiger partial charge on any atom is 0.0753 e. The number of rotatable bonds is 7. The summed E-state index contributed by atoms with van der Waals surface area (Å²) in [6.45, 7) is 2.28. The van der Waals surface area contributed by atoms with Gasteiger partial charge in [-0.3, -0.25) is 4.98 Å². The molecule has 1 aromatic heterocycles. The van der Waals surface area contributed by atoms with Crippen LogP contribution in [0.3, 0.4) is 0 Å². The van der Waals surface area contributed by atoms with Gasteiger partial charge in [-0.1, -0.05) is 56.2 Å². The van der Waals surface area contributed by atoms with Crippen molar-refractivity contribution in [2.45, 2.75) is 44.7 Å². The van der Waals surface area contributed by atoms with Crippen LogP contribution in [0.2, 0.25) is 0 Å². The summed E-state index contributed by atoms with van der Waals surface area (Å²) < 4.78 is 0. The number of nitrogens with one attached hydrogen (secondary N) is 1. The average molecular weight is 280 g/mol. The van der Waals surface area contributed by atoms with Crippen LogP contribution in [0.1, 0.15) is 49.9 Å². The Morgan fingerprint density at radius 2 is 1.86 bits per heavy atom. The molecule has 3 rings (SSSR count). The highest BCUT2D eigenvalue weighted by Gasteiger charge is 2.26. The highest BCUT2D eigenvalue weighted by Crippen LogP contribution is 2.35. The second kappa shape index (κ2) is 6.86. The molecule has 0 bridgehead atoms. The Kier molecular flexibility index (Phi) is 4.66. The number of hydrogen-bond acceptors (Lipinski definition) is 2. The molecule has 1 saturated carbocycles.